The Bertz CT molecular complexity index is 262. The van der Waals surface area contributed by atoms with Crippen LogP contribution in [0.25, 0.3) is 0 Å². The lowest BCUT2D eigenvalue weighted by Crippen LogP contribution is -2.41. The summed E-state index contributed by atoms with van der Waals surface area (Å²) in [5.41, 5.74) is 0. The van der Waals surface area contributed by atoms with Crippen LogP contribution in [0, 0.1) is 11.8 Å². The van der Waals surface area contributed by atoms with Crippen molar-refractivity contribution < 1.29 is 0 Å². The number of nitrogens with one attached hydrogen (secondary N) is 1. The Labute approximate surface area is 112 Å². The summed E-state index contributed by atoms with van der Waals surface area (Å²) in [6, 6.07) is 0.870. The first kappa shape index (κ1) is 12.9. The SMILES string of the molecule is C[C@@H]1CNC[C@H]1CN1CCC(N2CCCCC2)C1. The summed E-state index contributed by atoms with van der Waals surface area (Å²) in [7, 11) is 0. The highest BCUT2D eigenvalue weighted by molar-refractivity contribution is 4.88. The van der Waals surface area contributed by atoms with Gasteiger partial charge in [0.25, 0.3) is 0 Å². The quantitative estimate of drug-likeness (QED) is 0.818. The molecule has 3 nitrogen and oxygen atoms in total. The first-order valence-electron chi connectivity index (χ1n) is 8.00. The molecule has 0 aromatic rings. The molecule has 0 radical (unpaired) electrons. The Balaban J connectivity index is 1.46. The average Bonchev–Trinajstić information content (AvgIpc) is 3.02. The first-order chi connectivity index (χ1) is 8.83. The van der Waals surface area contributed by atoms with E-state index in [1.165, 1.54) is 71.5 Å². The van der Waals surface area contributed by atoms with Gasteiger partial charge < -0.3 is 10.2 Å². The number of hydrogen-bond donors (Lipinski definition) is 1. The maximum atomic E-state index is 3.53. The zero-order chi connectivity index (χ0) is 12.4. The third kappa shape index (κ3) is 2.89. The zero-order valence-electron chi connectivity index (χ0n) is 11.9. The van der Waals surface area contributed by atoms with Gasteiger partial charge >= 0.3 is 0 Å². The molecule has 0 amide bonds. The summed E-state index contributed by atoms with van der Waals surface area (Å²) in [6.07, 6.45) is 5.73. The smallest absolute Gasteiger partial charge is 0.0235 e. The van der Waals surface area contributed by atoms with E-state index >= 15 is 0 Å². The first-order valence-corrected chi connectivity index (χ1v) is 8.00. The van der Waals surface area contributed by atoms with E-state index in [4.69, 9.17) is 0 Å². The minimum absolute atomic E-state index is 0.870. The minimum Gasteiger partial charge on any atom is -0.316 e. The lowest BCUT2D eigenvalue weighted by molar-refractivity contribution is 0.157. The van der Waals surface area contributed by atoms with Crippen molar-refractivity contribution in [3.63, 3.8) is 0 Å². The second kappa shape index (κ2) is 5.89. The summed E-state index contributed by atoms with van der Waals surface area (Å²) in [5.74, 6) is 1.77. The molecule has 3 rings (SSSR count). The van der Waals surface area contributed by atoms with Gasteiger partial charge in [0.1, 0.15) is 0 Å². The molecule has 3 heterocycles. The highest BCUT2D eigenvalue weighted by Gasteiger charge is 2.31. The highest BCUT2D eigenvalue weighted by atomic mass is 15.3. The Hall–Kier alpha value is -0.120. The van der Waals surface area contributed by atoms with Gasteiger partial charge in [0.15, 0.2) is 0 Å². The molecule has 0 spiro atoms. The van der Waals surface area contributed by atoms with E-state index in [1.807, 2.05) is 0 Å². The third-order valence-corrected chi connectivity index (χ3v) is 5.32. The Kier molecular flexibility index (Phi) is 4.22. The largest absolute Gasteiger partial charge is 0.316 e. The molecule has 3 atom stereocenters. The van der Waals surface area contributed by atoms with E-state index in [2.05, 4.69) is 22.0 Å². The number of likely N-dealkylation sites (tertiary alicyclic amines) is 2. The van der Waals surface area contributed by atoms with Crippen LogP contribution in [-0.2, 0) is 0 Å². The lowest BCUT2D eigenvalue weighted by atomic mass is 9.98. The third-order valence-electron chi connectivity index (χ3n) is 5.32. The second-order valence-electron chi connectivity index (χ2n) is 6.69. The normalized spacial score (nSPS) is 39.5. The van der Waals surface area contributed by atoms with Crippen molar-refractivity contribution in [2.45, 2.75) is 38.6 Å². The predicted octanol–water partition coefficient (Wildman–Crippen LogP) is 1.40. The van der Waals surface area contributed by atoms with Gasteiger partial charge in [-0.2, -0.15) is 0 Å². The summed E-state index contributed by atoms with van der Waals surface area (Å²) < 4.78 is 0. The van der Waals surface area contributed by atoms with Crippen LogP contribution >= 0.6 is 0 Å². The van der Waals surface area contributed by atoms with E-state index in [9.17, 15) is 0 Å². The maximum Gasteiger partial charge on any atom is 0.0235 e. The van der Waals surface area contributed by atoms with E-state index in [0.29, 0.717) is 0 Å². The molecule has 3 heteroatoms. The number of nitrogens with zero attached hydrogens (tertiary/aromatic N) is 2. The van der Waals surface area contributed by atoms with Crippen molar-refractivity contribution in [3.8, 4) is 0 Å². The summed E-state index contributed by atoms with van der Waals surface area (Å²) in [4.78, 5) is 5.49. The van der Waals surface area contributed by atoms with Crippen LogP contribution in [0.3, 0.4) is 0 Å². The topological polar surface area (TPSA) is 18.5 Å². The zero-order valence-corrected chi connectivity index (χ0v) is 11.9. The van der Waals surface area contributed by atoms with Crippen LogP contribution in [0.1, 0.15) is 32.6 Å². The molecule has 3 aliphatic rings. The van der Waals surface area contributed by atoms with E-state index in [0.717, 1.165) is 17.9 Å². The molecule has 0 saturated carbocycles. The van der Waals surface area contributed by atoms with Crippen LogP contribution in [-0.4, -0.2) is 61.7 Å². The molecule has 1 unspecified atom stereocenters. The fourth-order valence-electron chi connectivity index (χ4n) is 4.00. The van der Waals surface area contributed by atoms with Crippen LogP contribution in [0.4, 0.5) is 0 Å². The number of rotatable bonds is 3. The van der Waals surface area contributed by atoms with Gasteiger partial charge in [-0.05, 0) is 63.8 Å². The van der Waals surface area contributed by atoms with Crippen LogP contribution in [0.5, 0.6) is 0 Å². The molecular weight excluding hydrogens is 222 g/mol. The summed E-state index contributed by atoms with van der Waals surface area (Å²) >= 11 is 0. The molecule has 0 aromatic heterocycles. The van der Waals surface area contributed by atoms with Gasteiger partial charge in [-0.25, -0.2) is 0 Å². The van der Waals surface area contributed by atoms with Crippen molar-refractivity contribution in [1.29, 1.82) is 0 Å². The van der Waals surface area contributed by atoms with Crippen molar-refractivity contribution in [2.75, 3.05) is 45.8 Å². The molecule has 3 fully saturated rings. The Morgan fingerprint density at radius 1 is 1.06 bits per heavy atom. The van der Waals surface area contributed by atoms with Gasteiger partial charge in [0, 0.05) is 19.1 Å². The van der Waals surface area contributed by atoms with Crippen molar-refractivity contribution in [1.82, 2.24) is 15.1 Å². The Morgan fingerprint density at radius 2 is 1.89 bits per heavy atom. The van der Waals surface area contributed by atoms with E-state index in [-0.39, 0.29) is 0 Å². The maximum absolute atomic E-state index is 3.53. The van der Waals surface area contributed by atoms with Crippen molar-refractivity contribution >= 4 is 0 Å². The van der Waals surface area contributed by atoms with Crippen molar-refractivity contribution in [3.05, 3.63) is 0 Å². The van der Waals surface area contributed by atoms with Gasteiger partial charge in [0.05, 0.1) is 0 Å². The standard InChI is InChI=1S/C15H29N3/c1-13-9-16-10-14(13)11-17-8-5-15(12-17)18-6-3-2-4-7-18/h13-16H,2-12H2,1H3/t13-,14+,15?/m1/s1. The van der Waals surface area contributed by atoms with Crippen molar-refractivity contribution in [2.24, 2.45) is 11.8 Å². The Morgan fingerprint density at radius 3 is 2.61 bits per heavy atom. The van der Waals surface area contributed by atoms with Gasteiger partial charge in [-0.3, -0.25) is 4.90 Å². The lowest BCUT2D eigenvalue weighted by Gasteiger charge is -2.32. The molecule has 3 saturated heterocycles. The number of hydrogen-bond acceptors (Lipinski definition) is 3. The number of piperidine rings is 1. The molecule has 0 aliphatic carbocycles. The molecule has 0 bridgehead atoms. The monoisotopic (exact) mass is 251 g/mol. The molecule has 1 N–H and O–H groups in total. The fourth-order valence-corrected chi connectivity index (χ4v) is 4.00. The highest BCUT2D eigenvalue weighted by Crippen LogP contribution is 2.23. The fraction of sp³-hybridized carbons (Fsp3) is 1.00. The van der Waals surface area contributed by atoms with Crippen LogP contribution in [0.2, 0.25) is 0 Å². The predicted molar refractivity (Wildman–Crippen MR) is 75.8 cm³/mol. The summed E-state index contributed by atoms with van der Waals surface area (Å²) in [5, 5.41) is 3.53. The van der Waals surface area contributed by atoms with E-state index in [1.54, 1.807) is 0 Å². The van der Waals surface area contributed by atoms with Gasteiger partial charge in [0.2, 0.25) is 0 Å². The summed E-state index contributed by atoms with van der Waals surface area (Å²) in [6.45, 7) is 11.6. The van der Waals surface area contributed by atoms with Gasteiger partial charge in [-0.15, -0.1) is 0 Å². The molecule has 18 heavy (non-hydrogen) atoms. The van der Waals surface area contributed by atoms with E-state index < -0.39 is 0 Å². The minimum atomic E-state index is 0.870. The van der Waals surface area contributed by atoms with Crippen LogP contribution in [0.15, 0.2) is 0 Å². The molecule has 3 aliphatic heterocycles. The molecule has 0 aromatic carbocycles. The van der Waals surface area contributed by atoms with Crippen LogP contribution < -0.4 is 5.32 Å². The molecule has 104 valence electrons. The second-order valence-corrected chi connectivity index (χ2v) is 6.69. The average molecular weight is 251 g/mol. The van der Waals surface area contributed by atoms with Gasteiger partial charge in [-0.1, -0.05) is 13.3 Å². The molecular formula is C15H29N3.